The van der Waals surface area contributed by atoms with Gasteiger partial charge in [0.05, 0.1) is 24.9 Å². The van der Waals surface area contributed by atoms with Crippen molar-refractivity contribution in [1.82, 2.24) is 9.80 Å². The third-order valence-corrected chi connectivity index (χ3v) is 7.65. The summed E-state index contributed by atoms with van der Waals surface area (Å²) in [5.41, 5.74) is 1.46. The van der Waals surface area contributed by atoms with Crippen LogP contribution in [-0.4, -0.2) is 85.3 Å². The van der Waals surface area contributed by atoms with E-state index >= 15 is 0 Å². The standard InChI is InChI=1S/C15H26O2.C9H14N2O4/c1-11(2)9-10-14-15(3,17-14)12-7-5-6-8-13(12)16-4;1-15-9(14)11-4-6-2-10(8(12)13)3-7(6)5-11/h9,12-14H,5-8,10H2,1-4H3;6-7H,2-5H2,1H3,(H,12,13). The lowest BCUT2D eigenvalue weighted by Crippen LogP contribution is -2.37. The molecule has 1 N–H and O–H groups in total. The number of rotatable bonds is 4. The van der Waals surface area contributed by atoms with Crippen LogP contribution in [0.4, 0.5) is 9.59 Å². The minimum Gasteiger partial charge on any atom is -0.465 e. The van der Waals surface area contributed by atoms with E-state index in [2.05, 4.69) is 31.6 Å². The predicted molar refractivity (Wildman–Crippen MR) is 121 cm³/mol. The van der Waals surface area contributed by atoms with Gasteiger partial charge < -0.3 is 29.1 Å². The average molecular weight is 453 g/mol. The summed E-state index contributed by atoms with van der Waals surface area (Å²) in [5, 5.41) is 8.81. The van der Waals surface area contributed by atoms with Crippen LogP contribution in [-0.2, 0) is 14.2 Å². The second-order valence-corrected chi connectivity index (χ2v) is 10.1. The molecular formula is C24H40N2O6. The lowest BCUT2D eigenvalue weighted by molar-refractivity contribution is -0.00777. The van der Waals surface area contributed by atoms with Gasteiger partial charge >= 0.3 is 12.2 Å². The summed E-state index contributed by atoms with van der Waals surface area (Å²) in [6.07, 6.45) is 8.11. The molecule has 6 atom stereocenters. The first kappa shape index (κ1) is 24.8. The number of epoxide rings is 1. The summed E-state index contributed by atoms with van der Waals surface area (Å²) in [4.78, 5) is 25.0. The molecule has 0 radical (unpaired) electrons. The van der Waals surface area contributed by atoms with Crippen LogP contribution < -0.4 is 0 Å². The summed E-state index contributed by atoms with van der Waals surface area (Å²) < 4.78 is 16.3. The van der Waals surface area contributed by atoms with E-state index in [1.807, 2.05) is 7.11 Å². The van der Waals surface area contributed by atoms with E-state index in [1.54, 1.807) is 4.90 Å². The Morgan fingerprint density at radius 1 is 1.06 bits per heavy atom. The van der Waals surface area contributed by atoms with Crippen LogP contribution in [0.5, 0.6) is 0 Å². The summed E-state index contributed by atoms with van der Waals surface area (Å²) in [7, 11) is 3.21. The Kier molecular flexibility index (Phi) is 8.09. The molecule has 0 aromatic carbocycles. The smallest absolute Gasteiger partial charge is 0.409 e. The van der Waals surface area contributed by atoms with Crippen LogP contribution in [0.25, 0.3) is 0 Å². The van der Waals surface area contributed by atoms with Crippen LogP contribution in [0.2, 0.25) is 0 Å². The van der Waals surface area contributed by atoms with Crippen LogP contribution in [0.15, 0.2) is 11.6 Å². The fourth-order valence-corrected chi connectivity index (χ4v) is 5.69. The van der Waals surface area contributed by atoms with Crippen molar-refractivity contribution in [2.75, 3.05) is 40.4 Å². The van der Waals surface area contributed by atoms with Gasteiger partial charge in [0.2, 0.25) is 0 Å². The number of carboxylic acid groups (broad SMARTS) is 1. The topological polar surface area (TPSA) is 91.8 Å². The Bertz CT molecular complexity index is 695. The number of carbonyl (C=O) groups is 2. The Morgan fingerprint density at radius 2 is 1.66 bits per heavy atom. The Morgan fingerprint density at radius 3 is 2.19 bits per heavy atom. The molecule has 1 saturated carbocycles. The molecule has 32 heavy (non-hydrogen) atoms. The summed E-state index contributed by atoms with van der Waals surface area (Å²) in [6, 6.07) is 0. The second-order valence-electron chi connectivity index (χ2n) is 10.1. The number of fused-ring (bicyclic) bond motifs is 1. The molecule has 6 unspecified atom stereocenters. The number of methoxy groups -OCH3 is 2. The lowest BCUT2D eigenvalue weighted by Gasteiger charge is -2.33. The van der Waals surface area contributed by atoms with Gasteiger partial charge in [-0.05, 0) is 40.0 Å². The number of amides is 2. The monoisotopic (exact) mass is 452 g/mol. The molecule has 0 bridgehead atoms. The molecule has 1 aliphatic carbocycles. The number of hydrogen-bond donors (Lipinski definition) is 1. The van der Waals surface area contributed by atoms with Crippen LogP contribution >= 0.6 is 0 Å². The molecule has 0 spiro atoms. The number of allylic oxidation sites excluding steroid dienone is 1. The highest BCUT2D eigenvalue weighted by atomic mass is 16.6. The maximum absolute atomic E-state index is 11.2. The van der Waals surface area contributed by atoms with Gasteiger partial charge in [0.15, 0.2) is 0 Å². The van der Waals surface area contributed by atoms with Crippen molar-refractivity contribution in [3.8, 4) is 0 Å². The van der Waals surface area contributed by atoms with Crippen molar-refractivity contribution in [3.05, 3.63) is 11.6 Å². The van der Waals surface area contributed by atoms with E-state index in [-0.39, 0.29) is 23.5 Å². The number of ether oxygens (including phenoxy) is 3. The molecule has 3 heterocycles. The molecule has 4 rings (SSSR count). The van der Waals surface area contributed by atoms with E-state index < -0.39 is 6.09 Å². The highest BCUT2D eigenvalue weighted by Crippen LogP contribution is 2.50. The van der Waals surface area contributed by atoms with E-state index in [0.29, 0.717) is 44.3 Å². The zero-order valence-electron chi connectivity index (χ0n) is 20.2. The SMILES string of the molecule is COC(=O)N1CC2CN(C(=O)O)CC2C1.COC1CCCCC1C1(C)OC1CC=C(C)C. The molecule has 4 fully saturated rings. The summed E-state index contributed by atoms with van der Waals surface area (Å²) >= 11 is 0. The molecule has 3 saturated heterocycles. The van der Waals surface area contributed by atoms with Gasteiger partial charge in [-0.25, -0.2) is 9.59 Å². The third-order valence-electron chi connectivity index (χ3n) is 7.65. The Hall–Kier alpha value is -1.80. The molecule has 2 amide bonds. The molecule has 0 aromatic heterocycles. The van der Waals surface area contributed by atoms with Crippen molar-refractivity contribution < 1.29 is 28.9 Å². The van der Waals surface area contributed by atoms with Gasteiger partial charge in [-0.3, -0.25) is 0 Å². The number of carbonyl (C=O) groups excluding carboxylic acids is 1. The zero-order chi connectivity index (χ0) is 23.5. The number of hydrogen-bond acceptors (Lipinski definition) is 5. The molecule has 8 heteroatoms. The largest absolute Gasteiger partial charge is 0.465 e. The van der Waals surface area contributed by atoms with Gasteiger partial charge in [-0.2, -0.15) is 0 Å². The summed E-state index contributed by atoms with van der Waals surface area (Å²) in [6.45, 7) is 8.87. The predicted octanol–water partition coefficient (Wildman–Crippen LogP) is 4.00. The quantitative estimate of drug-likeness (QED) is 0.512. The fraction of sp³-hybridized carbons (Fsp3) is 0.833. The Balaban J connectivity index is 0.000000182. The van der Waals surface area contributed by atoms with Gasteiger partial charge in [-0.15, -0.1) is 0 Å². The van der Waals surface area contributed by atoms with Crippen LogP contribution in [0.3, 0.4) is 0 Å². The molecule has 4 aliphatic rings. The normalized spacial score (nSPS) is 35.5. The fourth-order valence-electron chi connectivity index (χ4n) is 5.69. The molecular weight excluding hydrogens is 412 g/mol. The van der Waals surface area contributed by atoms with E-state index in [9.17, 15) is 9.59 Å². The Labute approximate surface area is 191 Å². The van der Waals surface area contributed by atoms with Gasteiger partial charge in [0.1, 0.15) is 0 Å². The third kappa shape index (κ3) is 5.57. The molecule has 182 valence electrons. The van der Waals surface area contributed by atoms with Crippen molar-refractivity contribution >= 4 is 12.2 Å². The molecule has 8 nitrogen and oxygen atoms in total. The maximum Gasteiger partial charge on any atom is 0.409 e. The van der Waals surface area contributed by atoms with E-state index in [1.165, 1.54) is 43.3 Å². The highest BCUT2D eigenvalue weighted by molar-refractivity contribution is 5.68. The van der Waals surface area contributed by atoms with Crippen LogP contribution in [0, 0.1) is 17.8 Å². The van der Waals surface area contributed by atoms with Gasteiger partial charge in [0.25, 0.3) is 0 Å². The number of nitrogens with zero attached hydrogens (tertiary/aromatic N) is 2. The van der Waals surface area contributed by atoms with Crippen molar-refractivity contribution in [2.45, 2.75) is 70.7 Å². The first-order valence-corrected chi connectivity index (χ1v) is 11.8. The highest BCUT2D eigenvalue weighted by Gasteiger charge is 2.58. The second kappa shape index (κ2) is 10.4. The van der Waals surface area contributed by atoms with Gasteiger partial charge in [-0.1, -0.05) is 24.5 Å². The number of likely N-dealkylation sites (tertiary alicyclic amines) is 2. The first-order valence-electron chi connectivity index (χ1n) is 11.8. The van der Waals surface area contributed by atoms with E-state index in [0.717, 1.165) is 6.42 Å². The summed E-state index contributed by atoms with van der Waals surface area (Å²) in [5.74, 6) is 1.15. The average Bonchev–Trinajstić information content (AvgIpc) is 3.08. The first-order chi connectivity index (χ1) is 15.2. The minimum atomic E-state index is -0.867. The van der Waals surface area contributed by atoms with Crippen molar-refractivity contribution in [2.24, 2.45) is 17.8 Å². The molecule has 0 aromatic rings. The molecule has 3 aliphatic heterocycles. The van der Waals surface area contributed by atoms with Gasteiger partial charge in [0, 0.05) is 51.0 Å². The maximum atomic E-state index is 11.2. The minimum absolute atomic E-state index is 0.0764. The van der Waals surface area contributed by atoms with Crippen LogP contribution in [0.1, 0.15) is 52.9 Å². The van der Waals surface area contributed by atoms with Crippen molar-refractivity contribution in [1.29, 1.82) is 0 Å². The van der Waals surface area contributed by atoms with E-state index in [4.69, 9.17) is 14.6 Å². The zero-order valence-corrected chi connectivity index (χ0v) is 20.2. The lowest BCUT2D eigenvalue weighted by atomic mass is 9.76. The van der Waals surface area contributed by atoms with Crippen molar-refractivity contribution in [3.63, 3.8) is 0 Å².